The molecule has 0 amide bonds. The molecule has 0 atom stereocenters. The van der Waals surface area contributed by atoms with Crippen LogP contribution in [-0.4, -0.2) is 17.5 Å². The summed E-state index contributed by atoms with van der Waals surface area (Å²) in [6.07, 6.45) is 2.61. The van der Waals surface area contributed by atoms with Crippen molar-refractivity contribution in [2.75, 3.05) is 6.61 Å². The van der Waals surface area contributed by atoms with Crippen LogP contribution in [0.3, 0.4) is 0 Å². The minimum Gasteiger partial charge on any atom is -0.493 e. The van der Waals surface area contributed by atoms with E-state index in [1.165, 1.54) is 11.1 Å². The largest absolute Gasteiger partial charge is 0.493 e. The second kappa shape index (κ2) is 5.45. The lowest BCUT2D eigenvalue weighted by atomic mass is 10.1. The van der Waals surface area contributed by atoms with Gasteiger partial charge in [-0.1, -0.05) is 17.3 Å². The van der Waals surface area contributed by atoms with Gasteiger partial charge in [-0.15, -0.1) is 0 Å². The number of nitrogens with zero attached hydrogens (tertiary/aromatic N) is 1. The topological polar surface area (TPSA) is 41.8 Å². The van der Waals surface area contributed by atoms with Gasteiger partial charge in [-0.05, 0) is 41.3 Å². The van der Waals surface area contributed by atoms with Crippen LogP contribution in [0.1, 0.15) is 23.1 Å². The summed E-state index contributed by atoms with van der Waals surface area (Å²) in [6.45, 7) is 0.679. The maximum atomic E-state index is 8.95. The fraction of sp³-hybridized carbons (Fsp3) is 0.267. The van der Waals surface area contributed by atoms with Crippen molar-refractivity contribution in [2.45, 2.75) is 19.3 Å². The van der Waals surface area contributed by atoms with Crippen LogP contribution >= 0.6 is 11.3 Å². The van der Waals surface area contributed by atoms with Gasteiger partial charge in [0.15, 0.2) is 0 Å². The van der Waals surface area contributed by atoms with Gasteiger partial charge in [0.25, 0.3) is 0 Å². The van der Waals surface area contributed by atoms with Crippen molar-refractivity contribution in [1.82, 2.24) is 0 Å². The summed E-state index contributed by atoms with van der Waals surface area (Å²) >= 11 is 1.71. The van der Waals surface area contributed by atoms with Crippen LogP contribution in [-0.2, 0) is 12.8 Å². The highest BCUT2D eigenvalue weighted by Gasteiger charge is 2.21. The van der Waals surface area contributed by atoms with Crippen molar-refractivity contribution in [3.63, 3.8) is 0 Å². The molecule has 0 fully saturated rings. The summed E-state index contributed by atoms with van der Waals surface area (Å²) in [5.74, 6) is 0.923. The Balaban J connectivity index is 1.71. The summed E-state index contributed by atoms with van der Waals surface area (Å²) < 4.78 is 5.88. The van der Waals surface area contributed by atoms with Crippen molar-refractivity contribution in [2.24, 2.45) is 5.16 Å². The van der Waals surface area contributed by atoms with Gasteiger partial charge in [0.2, 0.25) is 0 Å². The Bertz CT molecular complexity index is 590. The lowest BCUT2D eigenvalue weighted by Gasteiger charge is -2.10. The van der Waals surface area contributed by atoms with Gasteiger partial charge in [0.05, 0.1) is 12.3 Å². The first kappa shape index (κ1) is 12.2. The first-order valence-corrected chi connectivity index (χ1v) is 7.30. The van der Waals surface area contributed by atoms with E-state index in [2.05, 4.69) is 22.0 Å². The first-order valence-electron chi connectivity index (χ1n) is 6.35. The molecule has 1 aromatic carbocycles. The van der Waals surface area contributed by atoms with Crippen LogP contribution in [0.2, 0.25) is 0 Å². The summed E-state index contributed by atoms with van der Waals surface area (Å²) in [6, 6.07) is 8.06. The molecule has 1 heterocycles. The second-order valence-electron chi connectivity index (χ2n) is 4.56. The Morgan fingerprint density at radius 3 is 3.00 bits per heavy atom. The van der Waals surface area contributed by atoms with E-state index in [1.807, 2.05) is 18.2 Å². The van der Waals surface area contributed by atoms with Crippen molar-refractivity contribution in [3.8, 4) is 5.75 Å². The molecule has 4 heteroatoms. The molecule has 0 saturated heterocycles. The van der Waals surface area contributed by atoms with Crippen molar-refractivity contribution in [3.05, 3.63) is 51.7 Å². The zero-order valence-corrected chi connectivity index (χ0v) is 11.3. The molecule has 0 bridgehead atoms. The maximum absolute atomic E-state index is 8.95. The average Bonchev–Trinajstić information content (AvgIpc) is 3.07. The lowest BCUT2D eigenvalue weighted by Crippen LogP contribution is -2.03. The van der Waals surface area contributed by atoms with Gasteiger partial charge in [-0.25, -0.2) is 0 Å². The highest BCUT2D eigenvalue weighted by atomic mass is 32.1. The number of thiophene rings is 1. The zero-order chi connectivity index (χ0) is 13.1. The molecule has 19 heavy (non-hydrogen) atoms. The van der Waals surface area contributed by atoms with E-state index in [-0.39, 0.29) is 0 Å². The van der Waals surface area contributed by atoms with E-state index >= 15 is 0 Å². The van der Waals surface area contributed by atoms with E-state index in [1.54, 1.807) is 11.3 Å². The summed E-state index contributed by atoms with van der Waals surface area (Å²) in [4.78, 5) is 0. The average molecular weight is 273 g/mol. The number of ether oxygens (including phenoxy) is 1. The number of hydrogen-bond acceptors (Lipinski definition) is 4. The molecule has 1 aromatic heterocycles. The molecule has 0 radical (unpaired) electrons. The predicted octanol–water partition coefficient (Wildman–Crippen LogP) is 3.49. The van der Waals surface area contributed by atoms with Gasteiger partial charge in [0, 0.05) is 17.5 Å². The molecule has 0 saturated carbocycles. The highest BCUT2D eigenvalue weighted by Crippen LogP contribution is 2.31. The van der Waals surface area contributed by atoms with E-state index in [0.717, 1.165) is 36.3 Å². The molecule has 1 aliphatic carbocycles. The Kier molecular flexibility index (Phi) is 3.51. The smallest absolute Gasteiger partial charge is 0.123 e. The van der Waals surface area contributed by atoms with Crippen molar-refractivity contribution >= 4 is 17.0 Å². The van der Waals surface area contributed by atoms with E-state index in [0.29, 0.717) is 6.61 Å². The van der Waals surface area contributed by atoms with E-state index in [4.69, 9.17) is 9.94 Å². The van der Waals surface area contributed by atoms with Gasteiger partial charge in [-0.3, -0.25) is 0 Å². The monoisotopic (exact) mass is 273 g/mol. The Labute approximate surface area is 116 Å². The van der Waals surface area contributed by atoms with Crippen molar-refractivity contribution in [1.29, 1.82) is 0 Å². The van der Waals surface area contributed by atoms with Gasteiger partial charge in [0.1, 0.15) is 5.75 Å². The lowest BCUT2D eigenvalue weighted by molar-refractivity contribution is 0.318. The molecule has 2 aromatic rings. The molecular weight excluding hydrogens is 258 g/mol. The summed E-state index contributed by atoms with van der Waals surface area (Å²) in [5, 5.41) is 16.5. The number of rotatable bonds is 4. The maximum Gasteiger partial charge on any atom is 0.123 e. The van der Waals surface area contributed by atoms with Crippen LogP contribution in [0, 0.1) is 0 Å². The third-order valence-corrected chi connectivity index (χ3v) is 4.14. The Morgan fingerprint density at radius 2 is 2.21 bits per heavy atom. The summed E-state index contributed by atoms with van der Waals surface area (Å²) in [7, 11) is 0. The Morgan fingerprint density at radius 1 is 1.26 bits per heavy atom. The molecule has 3 rings (SSSR count). The van der Waals surface area contributed by atoms with Crippen LogP contribution in [0.15, 0.2) is 40.2 Å². The normalized spacial score (nSPS) is 15.7. The SMILES string of the molecule is ON=C1CCc2c(OCCc3ccsc3)cccc21. The minimum atomic E-state index is 0.679. The molecule has 0 aliphatic heterocycles. The van der Waals surface area contributed by atoms with Gasteiger partial charge < -0.3 is 9.94 Å². The van der Waals surface area contributed by atoms with Gasteiger partial charge in [-0.2, -0.15) is 11.3 Å². The summed E-state index contributed by atoms with van der Waals surface area (Å²) in [5.41, 5.74) is 4.27. The number of fused-ring (bicyclic) bond motifs is 1. The second-order valence-corrected chi connectivity index (χ2v) is 5.34. The fourth-order valence-corrected chi connectivity index (χ4v) is 3.13. The van der Waals surface area contributed by atoms with Gasteiger partial charge >= 0.3 is 0 Å². The van der Waals surface area contributed by atoms with E-state index < -0.39 is 0 Å². The third-order valence-electron chi connectivity index (χ3n) is 3.40. The molecule has 1 N–H and O–H groups in total. The van der Waals surface area contributed by atoms with Crippen LogP contribution in [0.25, 0.3) is 0 Å². The van der Waals surface area contributed by atoms with Crippen LogP contribution in [0.4, 0.5) is 0 Å². The zero-order valence-electron chi connectivity index (χ0n) is 10.5. The minimum absolute atomic E-state index is 0.679. The molecule has 0 unspecified atom stereocenters. The molecule has 98 valence electrons. The third kappa shape index (κ3) is 2.49. The van der Waals surface area contributed by atoms with E-state index in [9.17, 15) is 0 Å². The van der Waals surface area contributed by atoms with Crippen LogP contribution in [0.5, 0.6) is 5.75 Å². The molecular formula is C15H15NO2S. The van der Waals surface area contributed by atoms with Crippen LogP contribution < -0.4 is 4.74 Å². The number of oxime groups is 1. The fourth-order valence-electron chi connectivity index (χ4n) is 2.42. The predicted molar refractivity (Wildman–Crippen MR) is 76.6 cm³/mol. The molecule has 0 spiro atoms. The number of benzene rings is 1. The first-order chi connectivity index (χ1) is 9.38. The quantitative estimate of drug-likeness (QED) is 0.684. The highest BCUT2D eigenvalue weighted by molar-refractivity contribution is 7.07. The molecule has 1 aliphatic rings. The number of hydrogen-bond donors (Lipinski definition) is 1. The standard InChI is InChI=1S/C15H15NO2S/c17-16-14-5-4-13-12(14)2-1-3-15(13)18-8-6-11-7-9-19-10-11/h1-3,7,9-10,17H,4-6,8H2. The Hall–Kier alpha value is -1.81. The van der Waals surface area contributed by atoms with Crippen molar-refractivity contribution < 1.29 is 9.94 Å². The molecule has 3 nitrogen and oxygen atoms in total.